The molecule has 0 bridgehead atoms. The Balaban J connectivity index is 0.819. The van der Waals surface area contributed by atoms with Crippen LogP contribution in [-0.2, 0) is 0 Å². The van der Waals surface area contributed by atoms with E-state index in [1.54, 1.807) is 0 Å². The molecule has 0 spiro atoms. The van der Waals surface area contributed by atoms with Gasteiger partial charge in [0, 0.05) is 11.5 Å². The average molecular weight is 924 g/mol. The molecule has 3 unspecified atom stereocenters. The van der Waals surface area contributed by atoms with E-state index < -0.39 is 0 Å². The van der Waals surface area contributed by atoms with Crippen molar-refractivity contribution in [2.45, 2.75) is 18.8 Å². The summed E-state index contributed by atoms with van der Waals surface area (Å²) in [7, 11) is 0. The number of amidine groups is 1. The van der Waals surface area contributed by atoms with Gasteiger partial charge in [-0.15, -0.1) is 0 Å². The second-order valence-corrected chi connectivity index (χ2v) is 18.8. The van der Waals surface area contributed by atoms with Crippen molar-refractivity contribution < 1.29 is 0 Å². The summed E-state index contributed by atoms with van der Waals surface area (Å²) in [5.74, 6) is 1.08. The molecule has 1 aliphatic heterocycles. The van der Waals surface area contributed by atoms with Gasteiger partial charge in [-0.2, -0.15) is 0 Å². The highest BCUT2D eigenvalue weighted by atomic mass is 15.3. The predicted octanol–water partition coefficient (Wildman–Crippen LogP) is 17.0. The number of rotatable bonds is 11. The van der Waals surface area contributed by atoms with Gasteiger partial charge in [0.25, 0.3) is 0 Å². The maximum Gasteiger partial charge on any atom is 0.131 e. The molecule has 0 amide bonds. The van der Waals surface area contributed by atoms with Gasteiger partial charge < -0.3 is 5.32 Å². The summed E-state index contributed by atoms with van der Waals surface area (Å²) in [5, 5.41) is 7.79. The van der Waals surface area contributed by atoms with Gasteiger partial charge in [0.15, 0.2) is 0 Å². The van der Waals surface area contributed by atoms with Crippen molar-refractivity contribution in [3.63, 3.8) is 0 Å². The van der Waals surface area contributed by atoms with Crippen molar-refractivity contribution in [2.75, 3.05) is 0 Å². The van der Waals surface area contributed by atoms with Crippen LogP contribution in [0.2, 0.25) is 0 Å². The number of nitrogens with one attached hydrogen (secondary N) is 2. The Labute approximate surface area is 423 Å². The largest absolute Gasteiger partial charge is 0.354 e. The Morgan fingerprint density at radius 2 is 0.653 bits per heavy atom. The first kappa shape index (κ1) is 44.3. The summed E-state index contributed by atoms with van der Waals surface area (Å²) in [6.07, 6.45) is 7.63. The van der Waals surface area contributed by atoms with Crippen molar-refractivity contribution in [3.8, 4) is 77.9 Å². The Hall–Kier alpha value is -8.89. The van der Waals surface area contributed by atoms with Crippen molar-refractivity contribution in [2.24, 2.45) is 10.9 Å². The van der Waals surface area contributed by atoms with Gasteiger partial charge in [0.1, 0.15) is 12.0 Å². The molecule has 1 heterocycles. The van der Waals surface area contributed by atoms with Crippen LogP contribution in [-0.4, -0.2) is 12.0 Å². The van der Waals surface area contributed by atoms with Gasteiger partial charge in [0.2, 0.25) is 0 Å². The lowest BCUT2D eigenvalue weighted by molar-refractivity contribution is 0.328. The van der Waals surface area contributed by atoms with Crippen LogP contribution in [0.1, 0.15) is 29.3 Å². The van der Waals surface area contributed by atoms with Crippen molar-refractivity contribution >= 4 is 11.4 Å². The third-order valence-electron chi connectivity index (χ3n) is 14.1. The lowest BCUT2D eigenvalue weighted by Gasteiger charge is -2.36. The van der Waals surface area contributed by atoms with Crippen molar-refractivity contribution in [1.29, 1.82) is 0 Å². The van der Waals surface area contributed by atoms with Gasteiger partial charge in [-0.3, -0.25) is 5.32 Å². The molecule has 344 valence electrons. The first-order valence-electron chi connectivity index (χ1n) is 25.0. The fourth-order valence-electron chi connectivity index (χ4n) is 10.2. The van der Waals surface area contributed by atoms with Gasteiger partial charge in [-0.25, -0.2) is 4.99 Å². The third kappa shape index (κ3) is 9.67. The molecule has 0 saturated carbocycles. The fraction of sp³-hybridized carbons (Fsp3) is 0.0580. The Bertz CT molecular complexity index is 3590. The van der Waals surface area contributed by atoms with Crippen LogP contribution < -0.4 is 10.6 Å². The van der Waals surface area contributed by atoms with E-state index in [0.717, 1.165) is 28.9 Å². The number of hydrogen-bond donors (Lipinski definition) is 2. The number of nitrogens with zero attached hydrogens (tertiary/aromatic N) is 1. The van der Waals surface area contributed by atoms with Crippen molar-refractivity contribution in [1.82, 2.24) is 10.6 Å². The number of hydrogen-bond acceptors (Lipinski definition) is 3. The van der Waals surface area contributed by atoms with Gasteiger partial charge in [-0.1, -0.05) is 249 Å². The third-order valence-corrected chi connectivity index (χ3v) is 14.1. The molecule has 72 heavy (non-hydrogen) atoms. The zero-order chi connectivity index (χ0) is 48.1. The smallest absolute Gasteiger partial charge is 0.131 e. The summed E-state index contributed by atoms with van der Waals surface area (Å²) in [4.78, 5) is 5.40. The summed E-state index contributed by atoms with van der Waals surface area (Å²) in [6.45, 7) is 0. The lowest BCUT2D eigenvalue weighted by atomic mass is 9.89. The zero-order valence-corrected chi connectivity index (χ0v) is 39.9. The molecule has 10 aromatic rings. The molecule has 0 saturated heterocycles. The van der Waals surface area contributed by atoms with Crippen molar-refractivity contribution in [3.05, 3.63) is 296 Å². The van der Waals surface area contributed by atoms with Crippen LogP contribution in [0.15, 0.2) is 284 Å². The first-order chi connectivity index (χ1) is 35.6. The average Bonchev–Trinajstić information content (AvgIpc) is 3.48. The first-order valence-corrected chi connectivity index (χ1v) is 25.0. The summed E-state index contributed by atoms with van der Waals surface area (Å²) < 4.78 is 0. The summed E-state index contributed by atoms with van der Waals surface area (Å²) >= 11 is 0. The molecule has 2 N–H and O–H groups in total. The molecule has 0 fully saturated rings. The summed E-state index contributed by atoms with van der Waals surface area (Å²) in [5.41, 5.74) is 21.4. The second kappa shape index (κ2) is 20.2. The van der Waals surface area contributed by atoms with E-state index in [4.69, 9.17) is 4.99 Å². The standard InChI is InChI=1S/C69H53N3/c1-4-15-48(16-5-1)57-21-10-24-60(43-57)51-31-37-54(38-32-51)67-70-68(55-39-33-52(34-40-55)61-25-13-29-65(46-61)63-27-11-22-58(44-63)49-17-6-2-7-18-49)72-69(71-67)56-41-35-53(36-42-56)62-26-14-30-66(47-62)64-28-12-23-59(45-64)50-19-8-3-9-20-50/h1-37,39-47,54,67-68,70H,38H2,(H,71,72). The minimum Gasteiger partial charge on any atom is -0.354 e. The van der Waals surface area contributed by atoms with E-state index in [1.165, 1.54) is 83.5 Å². The highest BCUT2D eigenvalue weighted by molar-refractivity contribution is 6.00. The molecule has 3 heteroatoms. The SMILES string of the molecule is C1=CC(C2NC(c3ccc(-c4cccc(-c5cccc(-c6ccccc6)c5)c4)cc3)=NC(c3ccc(-c4cccc(-c5cccc(-c6ccccc6)c5)c4)cc3)N2)CC=C1c1cccc(-c2ccccc2)c1. The molecule has 3 nitrogen and oxygen atoms in total. The van der Waals surface area contributed by atoms with E-state index in [0.29, 0.717) is 0 Å². The van der Waals surface area contributed by atoms with Crippen LogP contribution in [0.4, 0.5) is 0 Å². The highest BCUT2D eigenvalue weighted by Gasteiger charge is 2.30. The molecule has 10 aromatic carbocycles. The van der Waals surface area contributed by atoms with Crippen LogP contribution in [0.3, 0.4) is 0 Å². The van der Waals surface area contributed by atoms with Crippen LogP contribution >= 0.6 is 0 Å². The molecule has 0 radical (unpaired) electrons. The van der Waals surface area contributed by atoms with Gasteiger partial charge >= 0.3 is 0 Å². The molecule has 0 aromatic heterocycles. The number of allylic oxidation sites excluding steroid dienone is 3. The van der Waals surface area contributed by atoms with E-state index >= 15 is 0 Å². The predicted molar refractivity (Wildman–Crippen MR) is 302 cm³/mol. The summed E-state index contributed by atoms with van der Waals surface area (Å²) in [6, 6.07) is 93.8. The number of benzene rings is 10. The van der Waals surface area contributed by atoms with Crippen LogP contribution in [0.25, 0.3) is 83.5 Å². The normalized spacial score (nSPS) is 16.3. The number of aliphatic imine (C=N–C) groups is 1. The monoisotopic (exact) mass is 923 g/mol. The van der Waals surface area contributed by atoms with E-state index in [9.17, 15) is 0 Å². The maximum atomic E-state index is 5.40. The van der Waals surface area contributed by atoms with E-state index in [1.807, 2.05) is 0 Å². The Morgan fingerprint density at radius 1 is 0.319 bits per heavy atom. The molecule has 2 aliphatic rings. The topological polar surface area (TPSA) is 36.4 Å². The Kier molecular flexibility index (Phi) is 12.4. The van der Waals surface area contributed by atoms with Gasteiger partial charge in [0.05, 0.1) is 6.17 Å². The van der Waals surface area contributed by atoms with E-state index in [2.05, 4.69) is 290 Å². The minimum absolute atomic E-state index is 0.0572. The lowest BCUT2D eigenvalue weighted by Crippen LogP contribution is -2.54. The highest BCUT2D eigenvalue weighted by Crippen LogP contribution is 2.35. The van der Waals surface area contributed by atoms with Crippen LogP contribution in [0.5, 0.6) is 0 Å². The Morgan fingerprint density at radius 3 is 1.06 bits per heavy atom. The molecular weight excluding hydrogens is 871 g/mol. The maximum absolute atomic E-state index is 5.40. The van der Waals surface area contributed by atoms with Gasteiger partial charge in [-0.05, 0) is 131 Å². The molecule has 12 rings (SSSR count). The molecular formula is C69H53N3. The minimum atomic E-state index is -0.253. The molecule has 3 atom stereocenters. The molecule has 1 aliphatic carbocycles. The second-order valence-electron chi connectivity index (χ2n) is 18.8. The van der Waals surface area contributed by atoms with E-state index in [-0.39, 0.29) is 18.2 Å². The quantitative estimate of drug-likeness (QED) is 0.136. The fourth-order valence-corrected chi connectivity index (χ4v) is 10.2. The zero-order valence-electron chi connectivity index (χ0n) is 39.9. The van der Waals surface area contributed by atoms with Crippen LogP contribution in [0, 0.1) is 5.92 Å².